The quantitative estimate of drug-likeness (QED) is 0.339. The van der Waals surface area contributed by atoms with Crippen molar-refractivity contribution in [2.24, 2.45) is 0 Å². The molecule has 0 saturated carbocycles. The molecule has 0 bridgehead atoms. The number of benzene rings is 3. The first kappa shape index (κ1) is 24.7. The molecule has 0 aliphatic heterocycles. The molecule has 0 saturated heterocycles. The molecule has 3 aromatic carbocycles. The molecule has 0 aliphatic rings. The van der Waals surface area contributed by atoms with E-state index in [9.17, 15) is 23.3 Å². The number of anilines is 1. The third-order valence-electron chi connectivity index (χ3n) is 4.80. The number of hydrogen-bond donors (Lipinski definition) is 1. The topological polar surface area (TPSA) is 110 Å². The maximum atomic E-state index is 13.3. The molecule has 0 aromatic heterocycles. The van der Waals surface area contributed by atoms with Crippen LogP contribution < -0.4 is 5.32 Å². The van der Waals surface area contributed by atoms with Crippen molar-refractivity contribution in [3.63, 3.8) is 0 Å². The number of nitrogens with one attached hydrogen (secondary N) is 1. The Kier molecular flexibility index (Phi) is 7.70. The maximum absolute atomic E-state index is 13.3. The lowest BCUT2D eigenvalue weighted by atomic mass is 10.1. The number of nitro benzene ring substituents is 1. The predicted molar refractivity (Wildman–Crippen MR) is 127 cm³/mol. The minimum atomic E-state index is -4.09. The highest BCUT2D eigenvalue weighted by molar-refractivity contribution is 7.89. The number of halogens is 2. The summed E-state index contributed by atoms with van der Waals surface area (Å²) < 4.78 is 27.6. The number of amides is 1. The van der Waals surface area contributed by atoms with Crippen LogP contribution in [0.5, 0.6) is 0 Å². The van der Waals surface area contributed by atoms with Gasteiger partial charge in [-0.3, -0.25) is 14.9 Å². The lowest BCUT2D eigenvalue weighted by molar-refractivity contribution is -0.385. The third-order valence-corrected chi connectivity index (χ3v) is 7.09. The van der Waals surface area contributed by atoms with Crippen LogP contribution in [0.15, 0.2) is 71.6 Å². The van der Waals surface area contributed by atoms with Crippen LogP contribution >= 0.6 is 23.2 Å². The molecule has 0 aliphatic carbocycles. The van der Waals surface area contributed by atoms with E-state index in [0.29, 0.717) is 15.6 Å². The Hall–Kier alpha value is -2.98. The van der Waals surface area contributed by atoms with E-state index in [2.05, 4.69) is 5.32 Å². The number of nitrogens with zero attached hydrogens (tertiary/aromatic N) is 2. The highest BCUT2D eigenvalue weighted by atomic mass is 35.5. The predicted octanol–water partition coefficient (Wildman–Crippen LogP) is 5.04. The number of carbonyl (C=O) groups is 1. The van der Waals surface area contributed by atoms with Crippen molar-refractivity contribution in [1.82, 2.24) is 4.31 Å². The Labute approximate surface area is 200 Å². The first-order chi connectivity index (χ1) is 15.6. The van der Waals surface area contributed by atoms with E-state index in [-0.39, 0.29) is 28.4 Å². The van der Waals surface area contributed by atoms with Gasteiger partial charge in [0, 0.05) is 22.7 Å². The van der Waals surface area contributed by atoms with Crippen molar-refractivity contribution in [2.75, 3.05) is 11.9 Å². The monoisotopic (exact) mass is 507 g/mol. The summed E-state index contributed by atoms with van der Waals surface area (Å²) in [6, 6.07) is 16.5. The van der Waals surface area contributed by atoms with Crippen molar-refractivity contribution in [1.29, 1.82) is 0 Å². The van der Waals surface area contributed by atoms with Gasteiger partial charge in [0.25, 0.3) is 5.69 Å². The zero-order valence-corrected chi connectivity index (χ0v) is 19.7. The molecule has 1 amide bonds. The molecule has 0 unspecified atom stereocenters. The van der Waals surface area contributed by atoms with Crippen molar-refractivity contribution in [2.45, 2.75) is 18.4 Å². The van der Waals surface area contributed by atoms with Gasteiger partial charge in [-0.15, -0.1) is 0 Å². The van der Waals surface area contributed by atoms with Crippen molar-refractivity contribution in [3.8, 4) is 0 Å². The van der Waals surface area contributed by atoms with E-state index in [1.54, 1.807) is 24.3 Å². The van der Waals surface area contributed by atoms with Gasteiger partial charge in [0.05, 0.1) is 27.6 Å². The Balaban J connectivity index is 1.91. The molecule has 1 N–H and O–H groups in total. The van der Waals surface area contributed by atoms with E-state index in [4.69, 9.17) is 23.2 Å². The highest BCUT2D eigenvalue weighted by Crippen LogP contribution is 2.26. The molecule has 33 heavy (non-hydrogen) atoms. The van der Waals surface area contributed by atoms with E-state index < -0.39 is 27.4 Å². The van der Waals surface area contributed by atoms with Crippen LogP contribution in [-0.4, -0.2) is 30.1 Å². The average Bonchev–Trinajstić information content (AvgIpc) is 2.75. The van der Waals surface area contributed by atoms with Crippen molar-refractivity contribution in [3.05, 3.63) is 98.0 Å². The number of rotatable bonds is 8. The van der Waals surface area contributed by atoms with Crippen molar-refractivity contribution < 1.29 is 18.1 Å². The first-order valence-electron chi connectivity index (χ1n) is 9.62. The van der Waals surface area contributed by atoms with Crippen LogP contribution in [-0.2, 0) is 21.4 Å². The second-order valence-corrected chi connectivity index (χ2v) is 9.92. The molecule has 0 atom stereocenters. The SMILES string of the molecule is Cc1c(NC(=O)CN(Cc2cccc(Cl)c2)S(=O)(=O)c2ccc(Cl)cc2)cccc1[N+](=O)[O-]. The Morgan fingerprint density at radius 1 is 1.03 bits per heavy atom. The van der Waals surface area contributed by atoms with Gasteiger partial charge in [0.2, 0.25) is 15.9 Å². The summed E-state index contributed by atoms with van der Waals surface area (Å²) in [6.07, 6.45) is 0. The zero-order chi connectivity index (χ0) is 24.2. The normalized spacial score (nSPS) is 11.4. The Morgan fingerprint density at radius 3 is 2.33 bits per heavy atom. The minimum Gasteiger partial charge on any atom is -0.324 e. The van der Waals surface area contributed by atoms with Crippen LogP contribution in [0.4, 0.5) is 11.4 Å². The van der Waals surface area contributed by atoms with Crippen LogP contribution in [0.3, 0.4) is 0 Å². The smallest absolute Gasteiger partial charge is 0.274 e. The first-order valence-corrected chi connectivity index (χ1v) is 11.8. The molecular weight excluding hydrogens is 489 g/mol. The second kappa shape index (κ2) is 10.3. The van der Waals surface area contributed by atoms with Gasteiger partial charge in [-0.05, 0) is 55.0 Å². The molecule has 3 rings (SSSR count). The van der Waals surface area contributed by atoms with Crippen LogP contribution in [0.1, 0.15) is 11.1 Å². The van der Waals surface area contributed by atoms with Crippen LogP contribution in [0, 0.1) is 17.0 Å². The van der Waals surface area contributed by atoms with E-state index >= 15 is 0 Å². The maximum Gasteiger partial charge on any atom is 0.274 e. The average molecular weight is 508 g/mol. The number of hydrogen-bond acceptors (Lipinski definition) is 5. The summed E-state index contributed by atoms with van der Waals surface area (Å²) in [7, 11) is -4.09. The lowest BCUT2D eigenvalue weighted by Crippen LogP contribution is -2.37. The third kappa shape index (κ3) is 6.08. The van der Waals surface area contributed by atoms with Crippen LogP contribution in [0.25, 0.3) is 0 Å². The molecule has 0 radical (unpaired) electrons. The molecule has 0 fully saturated rings. The van der Waals surface area contributed by atoms with Gasteiger partial charge in [-0.1, -0.05) is 41.4 Å². The fourth-order valence-corrected chi connectivity index (χ4v) is 4.85. The fraction of sp³-hybridized carbons (Fsp3) is 0.136. The Morgan fingerprint density at radius 2 is 1.70 bits per heavy atom. The molecule has 3 aromatic rings. The number of nitro groups is 1. The van der Waals surface area contributed by atoms with Crippen LogP contribution in [0.2, 0.25) is 10.0 Å². The largest absolute Gasteiger partial charge is 0.324 e. The second-order valence-electron chi connectivity index (χ2n) is 7.11. The molecule has 0 spiro atoms. The minimum absolute atomic E-state index is 0.0340. The van der Waals surface area contributed by atoms with E-state index in [0.717, 1.165) is 4.31 Å². The van der Waals surface area contributed by atoms with Gasteiger partial charge in [0.1, 0.15) is 0 Å². The standard InChI is InChI=1S/C22H19Cl2N3O5S/c1-15-20(6-3-7-21(15)27(29)30)25-22(28)14-26(13-16-4-2-5-18(24)12-16)33(31,32)19-10-8-17(23)9-11-19/h2-12H,13-14H2,1H3,(H,25,28). The molecule has 172 valence electrons. The summed E-state index contributed by atoms with van der Waals surface area (Å²) in [5.74, 6) is -0.654. The number of carbonyl (C=O) groups excluding carboxylic acids is 1. The molecule has 0 heterocycles. The zero-order valence-electron chi connectivity index (χ0n) is 17.4. The molecule has 8 nitrogen and oxygen atoms in total. The van der Waals surface area contributed by atoms with Crippen molar-refractivity contribution >= 4 is 50.5 Å². The van der Waals surface area contributed by atoms with Gasteiger partial charge in [-0.2, -0.15) is 4.31 Å². The summed E-state index contributed by atoms with van der Waals surface area (Å²) in [4.78, 5) is 23.4. The van der Waals surface area contributed by atoms with Gasteiger partial charge in [-0.25, -0.2) is 8.42 Å². The lowest BCUT2D eigenvalue weighted by Gasteiger charge is -2.22. The highest BCUT2D eigenvalue weighted by Gasteiger charge is 2.27. The summed E-state index contributed by atoms with van der Waals surface area (Å²) in [5.41, 5.74) is 0.912. The van der Waals surface area contributed by atoms with Gasteiger partial charge in [0.15, 0.2) is 0 Å². The summed E-state index contributed by atoms with van der Waals surface area (Å²) in [5, 5.41) is 14.5. The number of sulfonamides is 1. The Bertz CT molecular complexity index is 1300. The fourth-order valence-electron chi connectivity index (χ4n) is 3.13. The molecular formula is C22H19Cl2N3O5S. The molecule has 11 heteroatoms. The van der Waals surface area contributed by atoms with Gasteiger partial charge >= 0.3 is 0 Å². The van der Waals surface area contributed by atoms with E-state index in [1.807, 2.05) is 0 Å². The summed E-state index contributed by atoms with van der Waals surface area (Å²) >= 11 is 11.9. The van der Waals surface area contributed by atoms with Gasteiger partial charge < -0.3 is 5.32 Å². The summed E-state index contributed by atoms with van der Waals surface area (Å²) in [6.45, 7) is 0.856. The van der Waals surface area contributed by atoms with E-state index in [1.165, 1.54) is 49.4 Å².